The van der Waals surface area contributed by atoms with Crippen molar-refractivity contribution in [3.63, 3.8) is 0 Å². The van der Waals surface area contributed by atoms with Gasteiger partial charge in [-0.2, -0.15) is 11.8 Å². The van der Waals surface area contributed by atoms with E-state index in [2.05, 4.69) is 10.2 Å². The largest absolute Gasteiger partial charge is 0.489 e. The maximum Gasteiger partial charge on any atom is 0.255 e. The molecule has 7 heteroatoms. The van der Waals surface area contributed by atoms with Crippen LogP contribution in [0.5, 0.6) is 5.75 Å². The summed E-state index contributed by atoms with van der Waals surface area (Å²) < 4.78 is 25.7. The van der Waals surface area contributed by atoms with Crippen molar-refractivity contribution < 1.29 is 18.3 Å². The van der Waals surface area contributed by atoms with Crippen molar-refractivity contribution in [2.45, 2.75) is 20.0 Å². The SMILES string of the molecule is CNC(=O)c1c(-c2ccc(F)cc2)oc2cc(N3CCSCC3)c(OC(C)C)cc12. The number of anilines is 1. The van der Waals surface area contributed by atoms with Gasteiger partial charge in [-0.25, -0.2) is 4.39 Å². The summed E-state index contributed by atoms with van der Waals surface area (Å²) in [4.78, 5) is 15.1. The van der Waals surface area contributed by atoms with Gasteiger partial charge in [0, 0.05) is 48.7 Å². The maximum absolute atomic E-state index is 13.4. The van der Waals surface area contributed by atoms with Crippen molar-refractivity contribution in [3.8, 4) is 17.1 Å². The predicted octanol–water partition coefficient (Wildman–Crippen LogP) is 4.94. The van der Waals surface area contributed by atoms with Crippen molar-refractivity contribution >= 4 is 34.3 Å². The molecule has 1 saturated heterocycles. The Morgan fingerprint density at radius 3 is 2.53 bits per heavy atom. The molecule has 30 heavy (non-hydrogen) atoms. The van der Waals surface area contributed by atoms with E-state index in [9.17, 15) is 9.18 Å². The zero-order valence-electron chi connectivity index (χ0n) is 17.3. The molecule has 4 rings (SSSR count). The highest BCUT2D eigenvalue weighted by atomic mass is 32.2. The minimum absolute atomic E-state index is 0.00714. The number of halogens is 1. The summed E-state index contributed by atoms with van der Waals surface area (Å²) in [6, 6.07) is 9.82. The Morgan fingerprint density at radius 1 is 1.20 bits per heavy atom. The molecule has 0 aliphatic carbocycles. The van der Waals surface area contributed by atoms with E-state index in [0.29, 0.717) is 27.9 Å². The minimum Gasteiger partial charge on any atom is -0.489 e. The normalized spacial score (nSPS) is 14.4. The first-order valence-corrected chi connectivity index (χ1v) is 11.2. The van der Waals surface area contributed by atoms with E-state index >= 15 is 0 Å². The van der Waals surface area contributed by atoms with Gasteiger partial charge in [0.05, 0.1) is 17.4 Å². The van der Waals surface area contributed by atoms with E-state index in [4.69, 9.17) is 9.15 Å². The number of ether oxygens (including phenoxy) is 1. The Hall–Kier alpha value is -2.67. The molecule has 3 aromatic rings. The average Bonchev–Trinajstić information content (AvgIpc) is 3.11. The van der Waals surface area contributed by atoms with E-state index < -0.39 is 0 Å². The molecule has 1 fully saturated rings. The topological polar surface area (TPSA) is 54.7 Å². The molecule has 1 aliphatic rings. The molecule has 2 aromatic carbocycles. The van der Waals surface area contributed by atoms with E-state index in [1.54, 1.807) is 19.2 Å². The van der Waals surface area contributed by atoms with Gasteiger partial charge in [0.2, 0.25) is 0 Å². The minimum atomic E-state index is -0.339. The Morgan fingerprint density at radius 2 is 1.90 bits per heavy atom. The summed E-state index contributed by atoms with van der Waals surface area (Å²) in [5.41, 5.74) is 2.65. The van der Waals surface area contributed by atoms with Gasteiger partial charge in [-0.15, -0.1) is 0 Å². The van der Waals surface area contributed by atoms with Gasteiger partial charge in [-0.05, 0) is 44.2 Å². The van der Waals surface area contributed by atoms with Gasteiger partial charge in [-0.3, -0.25) is 4.79 Å². The molecule has 5 nitrogen and oxygen atoms in total. The Kier molecular flexibility index (Phi) is 5.90. The molecular weight excluding hydrogens is 403 g/mol. The quantitative estimate of drug-likeness (QED) is 0.624. The lowest BCUT2D eigenvalue weighted by molar-refractivity contribution is 0.0964. The fourth-order valence-corrected chi connectivity index (χ4v) is 4.57. The first kappa shape index (κ1) is 20.6. The van der Waals surface area contributed by atoms with Crippen LogP contribution in [0.15, 0.2) is 40.8 Å². The summed E-state index contributed by atoms with van der Waals surface area (Å²) in [5.74, 6) is 2.68. The van der Waals surface area contributed by atoms with Crippen molar-refractivity contribution in [2.75, 3.05) is 36.5 Å². The number of nitrogens with zero attached hydrogens (tertiary/aromatic N) is 1. The third-order valence-electron chi connectivity index (χ3n) is 5.04. The predicted molar refractivity (Wildman–Crippen MR) is 120 cm³/mol. The number of benzene rings is 2. The van der Waals surface area contributed by atoms with Gasteiger partial charge in [0.15, 0.2) is 0 Å². The molecule has 158 valence electrons. The number of fused-ring (bicyclic) bond motifs is 1. The van der Waals surface area contributed by atoms with Crippen LogP contribution in [0.2, 0.25) is 0 Å². The van der Waals surface area contributed by atoms with Crippen LogP contribution in [0.3, 0.4) is 0 Å². The lowest BCUT2D eigenvalue weighted by Crippen LogP contribution is -2.32. The zero-order valence-corrected chi connectivity index (χ0v) is 18.1. The first-order chi connectivity index (χ1) is 14.5. The number of hydrogen-bond acceptors (Lipinski definition) is 5. The summed E-state index contributed by atoms with van der Waals surface area (Å²) in [6.07, 6.45) is -0.00714. The highest BCUT2D eigenvalue weighted by molar-refractivity contribution is 7.99. The van der Waals surface area contributed by atoms with Crippen LogP contribution in [0.25, 0.3) is 22.3 Å². The summed E-state index contributed by atoms with van der Waals surface area (Å²) >= 11 is 1.94. The molecule has 1 aliphatic heterocycles. The number of carbonyl (C=O) groups is 1. The van der Waals surface area contributed by atoms with Gasteiger partial charge >= 0.3 is 0 Å². The molecule has 0 unspecified atom stereocenters. The Bertz CT molecular complexity index is 1060. The monoisotopic (exact) mass is 428 g/mol. The number of hydrogen-bond donors (Lipinski definition) is 1. The van der Waals surface area contributed by atoms with E-state index in [1.165, 1.54) is 12.1 Å². The molecule has 1 amide bonds. The van der Waals surface area contributed by atoms with Crippen molar-refractivity contribution in [1.82, 2.24) is 5.32 Å². The van der Waals surface area contributed by atoms with Crippen molar-refractivity contribution in [1.29, 1.82) is 0 Å². The van der Waals surface area contributed by atoms with Crippen molar-refractivity contribution in [2.24, 2.45) is 0 Å². The molecule has 0 saturated carbocycles. The second-order valence-corrected chi connectivity index (χ2v) is 8.70. The van der Waals surface area contributed by atoms with Gasteiger partial charge < -0.3 is 19.4 Å². The van der Waals surface area contributed by atoms with Crippen LogP contribution in [-0.2, 0) is 0 Å². The summed E-state index contributed by atoms with van der Waals surface area (Å²) in [6.45, 7) is 5.83. The Labute approximate surface area is 179 Å². The number of rotatable bonds is 5. The summed E-state index contributed by atoms with van der Waals surface area (Å²) in [7, 11) is 1.58. The molecular formula is C23H25FN2O3S. The first-order valence-electron chi connectivity index (χ1n) is 10.1. The highest BCUT2D eigenvalue weighted by Gasteiger charge is 2.25. The molecule has 0 atom stereocenters. The van der Waals surface area contributed by atoms with E-state index in [1.807, 2.05) is 37.7 Å². The molecule has 2 heterocycles. The number of carbonyl (C=O) groups excluding carboxylic acids is 1. The third-order valence-corrected chi connectivity index (χ3v) is 5.99. The van der Waals surface area contributed by atoms with Crippen LogP contribution in [0.4, 0.5) is 10.1 Å². The molecule has 1 N–H and O–H groups in total. The standard InChI is InChI=1S/C23H25FN2O3S/c1-14(2)28-20-12-17-19(13-18(20)26-8-10-30-11-9-26)29-22(21(17)23(27)25-3)15-4-6-16(24)7-5-15/h4-7,12-14H,8-11H2,1-3H3,(H,25,27). The van der Waals surface area contributed by atoms with Crippen molar-refractivity contribution in [3.05, 3.63) is 47.8 Å². The molecule has 0 radical (unpaired) electrons. The zero-order chi connectivity index (χ0) is 21.3. The number of thioether (sulfide) groups is 1. The maximum atomic E-state index is 13.4. The second kappa shape index (κ2) is 8.60. The van der Waals surface area contributed by atoms with Crippen LogP contribution in [0.1, 0.15) is 24.2 Å². The summed E-state index contributed by atoms with van der Waals surface area (Å²) in [5, 5.41) is 3.37. The van der Waals surface area contributed by atoms with Crippen LogP contribution < -0.4 is 15.0 Å². The number of furan rings is 1. The van der Waals surface area contributed by atoms with Crippen LogP contribution in [0, 0.1) is 5.82 Å². The average molecular weight is 429 g/mol. The van der Waals surface area contributed by atoms with Crippen LogP contribution >= 0.6 is 11.8 Å². The van der Waals surface area contributed by atoms with E-state index in [0.717, 1.165) is 36.0 Å². The lowest BCUT2D eigenvalue weighted by Gasteiger charge is -2.30. The Balaban J connectivity index is 1.93. The second-order valence-electron chi connectivity index (χ2n) is 7.47. The third kappa shape index (κ3) is 3.99. The smallest absolute Gasteiger partial charge is 0.255 e. The van der Waals surface area contributed by atoms with Gasteiger partial charge in [-0.1, -0.05) is 0 Å². The molecule has 0 bridgehead atoms. The fourth-order valence-electron chi connectivity index (χ4n) is 3.67. The van der Waals surface area contributed by atoms with Crippen LogP contribution in [-0.4, -0.2) is 43.7 Å². The highest BCUT2D eigenvalue weighted by Crippen LogP contribution is 2.41. The van der Waals surface area contributed by atoms with E-state index in [-0.39, 0.29) is 17.8 Å². The van der Waals surface area contributed by atoms with Gasteiger partial charge in [0.25, 0.3) is 5.91 Å². The molecule has 0 spiro atoms. The number of amides is 1. The van der Waals surface area contributed by atoms with Gasteiger partial charge in [0.1, 0.15) is 22.9 Å². The number of nitrogens with one attached hydrogen (secondary N) is 1. The fraction of sp³-hybridized carbons (Fsp3) is 0.348. The lowest BCUT2D eigenvalue weighted by atomic mass is 10.0. The molecule has 1 aromatic heterocycles.